The maximum absolute atomic E-state index is 12.1. The zero-order valence-electron chi connectivity index (χ0n) is 12.8. The van der Waals surface area contributed by atoms with Crippen LogP contribution in [0.15, 0.2) is 35.2 Å². The normalized spacial score (nSPS) is 21.7. The molecular weight excluding hydrogens is 358 g/mol. The highest BCUT2D eigenvalue weighted by atomic mass is 32.2. The second kappa shape index (κ2) is 6.02. The Balaban J connectivity index is 1.89. The number of benzene rings is 1. The first-order valence-electron chi connectivity index (χ1n) is 7.53. The Labute approximate surface area is 152 Å². The van der Waals surface area contributed by atoms with E-state index in [1.165, 1.54) is 11.8 Å². The summed E-state index contributed by atoms with van der Waals surface area (Å²) in [5, 5.41) is 3.13. The molecule has 0 amide bonds. The van der Waals surface area contributed by atoms with Crippen LogP contribution in [-0.4, -0.2) is 19.1 Å². The molecule has 120 valence electrons. The van der Waals surface area contributed by atoms with E-state index in [2.05, 4.69) is 12.2 Å². The highest BCUT2D eigenvalue weighted by molar-refractivity contribution is 8.57. The number of carbonyl (C=O) groups excluding carboxylic acids is 2. The van der Waals surface area contributed by atoms with Crippen LogP contribution in [-0.2, 0) is 4.79 Å². The molecular formula is C18H13NO2S3. The van der Waals surface area contributed by atoms with Gasteiger partial charge in [0, 0.05) is 23.4 Å². The Hall–Kier alpha value is -1.63. The van der Waals surface area contributed by atoms with Gasteiger partial charge in [0.1, 0.15) is 3.53 Å². The molecule has 0 saturated carbocycles. The lowest BCUT2D eigenvalue weighted by Crippen LogP contribution is -2.34. The first kappa shape index (κ1) is 15.9. The number of nitrogens with zero attached hydrogens (tertiary/aromatic N) is 1. The highest BCUT2D eigenvalue weighted by Crippen LogP contribution is 2.38. The van der Waals surface area contributed by atoms with Crippen LogP contribution in [0.25, 0.3) is 23.1 Å². The van der Waals surface area contributed by atoms with Gasteiger partial charge in [-0.05, 0) is 24.2 Å². The third-order valence-corrected chi connectivity index (χ3v) is 6.58. The molecule has 1 aromatic carbocycles. The summed E-state index contributed by atoms with van der Waals surface area (Å²) in [6.07, 6.45) is 7.02. The zero-order valence-corrected chi connectivity index (χ0v) is 15.3. The lowest BCUT2D eigenvalue weighted by Gasteiger charge is -2.09. The van der Waals surface area contributed by atoms with Gasteiger partial charge in [-0.3, -0.25) is 14.2 Å². The van der Waals surface area contributed by atoms with E-state index < -0.39 is 0 Å². The third-order valence-electron chi connectivity index (χ3n) is 4.17. The van der Waals surface area contributed by atoms with Crippen molar-refractivity contribution in [3.8, 4) is 0 Å². The standard InChI is InChI=1S/C18H13NO2S3/c1-10(20)19-14-5-3-2-4-12(14)13-8-11(6-7-15(13)19)9-16-17(21)24-18(22)23-16/h2-5,7-9,11H,6H2,1H3/b16-9+. The number of thiocarbonyl (C=S) groups is 1. The van der Waals surface area contributed by atoms with E-state index in [0.717, 1.165) is 44.6 Å². The monoisotopic (exact) mass is 371 g/mol. The number of aromatic nitrogens is 1. The molecule has 3 nitrogen and oxygen atoms in total. The molecule has 1 saturated heterocycles. The number of allylic oxidation sites excluding steroid dienone is 1. The Morgan fingerprint density at radius 2 is 2.12 bits per heavy atom. The molecule has 1 atom stereocenters. The van der Waals surface area contributed by atoms with E-state index in [0.29, 0.717) is 3.53 Å². The smallest absolute Gasteiger partial charge is 0.231 e. The third kappa shape index (κ3) is 2.59. The summed E-state index contributed by atoms with van der Waals surface area (Å²) in [6.45, 7) is 1.58. The van der Waals surface area contributed by atoms with Gasteiger partial charge in [-0.25, -0.2) is 0 Å². The molecule has 1 aromatic heterocycles. The second-order valence-corrected chi connectivity index (χ2v) is 8.93. The largest absolute Gasteiger partial charge is 0.281 e. The lowest BCUT2D eigenvalue weighted by molar-refractivity contribution is -0.107. The van der Waals surface area contributed by atoms with Crippen LogP contribution in [0.2, 0.25) is 0 Å². The maximum Gasteiger partial charge on any atom is 0.231 e. The molecule has 1 fully saturated rings. The summed E-state index contributed by atoms with van der Waals surface area (Å²) < 4.78 is 2.44. The Bertz CT molecular complexity index is 1060. The average molecular weight is 372 g/mol. The van der Waals surface area contributed by atoms with E-state index in [4.69, 9.17) is 12.2 Å². The van der Waals surface area contributed by atoms with Crippen molar-refractivity contribution >= 4 is 73.3 Å². The molecule has 0 bridgehead atoms. The summed E-state index contributed by atoms with van der Waals surface area (Å²) in [5.41, 5.74) is 0.929. The van der Waals surface area contributed by atoms with Crippen LogP contribution in [0.4, 0.5) is 0 Å². The predicted molar refractivity (Wildman–Crippen MR) is 105 cm³/mol. The van der Waals surface area contributed by atoms with Gasteiger partial charge in [-0.15, -0.1) is 0 Å². The van der Waals surface area contributed by atoms with E-state index in [1.807, 2.05) is 30.3 Å². The van der Waals surface area contributed by atoms with Crippen molar-refractivity contribution in [1.82, 2.24) is 4.57 Å². The number of carbonyl (C=O) groups is 2. The summed E-state index contributed by atoms with van der Waals surface area (Å²) in [4.78, 5) is 24.7. The van der Waals surface area contributed by atoms with Crippen molar-refractivity contribution in [2.24, 2.45) is 5.92 Å². The number of rotatable bonds is 1. The molecule has 1 aliphatic heterocycles. The highest BCUT2D eigenvalue weighted by Gasteiger charge is 2.25. The summed E-state index contributed by atoms with van der Waals surface area (Å²) in [6, 6.07) is 7.93. The summed E-state index contributed by atoms with van der Waals surface area (Å²) in [7, 11) is 0. The van der Waals surface area contributed by atoms with Gasteiger partial charge in [-0.2, -0.15) is 0 Å². The van der Waals surface area contributed by atoms with E-state index in [1.54, 1.807) is 11.5 Å². The number of thioether (sulfide) groups is 2. The van der Waals surface area contributed by atoms with E-state index in [-0.39, 0.29) is 16.9 Å². The Kier molecular flexibility index (Phi) is 3.98. The van der Waals surface area contributed by atoms with E-state index in [9.17, 15) is 9.59 Å². The fraction of sp³-hybridized carbons (Fsp3) is 0.167. The SMILES string of the molecule is CC(=O)n1c2c(c3ccccc31)=CC(/C=C1/SC(=S)SC1=O)CC=2. The number of fused-ring (bicyclic) bond motifs is 3. The Morgan fingerprint density at radius 1 is 1.33 bits per heavy atom. The predicted octanol–water partition coefficient (Wildman–Crippen LogP) is 3.06. The fourth-order valence-corrected chi connectivity index (χ4v) is 5.46. The molecule has 2 heterocycles. The quantitative estimate of drug-likeness (QED) is 0.569. The fourth-order valence-electron chi connectivity index (χ4n) is 3.22. The van der Waals surface area contributed by atoms with Gasteiger partial charge in [-0.1, -0.05) is 60.4 Å². The van der Waals surface area contributed by atoms with Crippen LogP contribution < -0.4 is 10.6 Å². The van der Waals surface area contributed by atoms with Crippen LogP contribution in [0.3, 0.4) is 0 Å². The molecule has 0 spiro atoms. The second-order valence-electron chi connectivity index (χ2n) is 5.71. The van der Waals surface area contributed by atoms with Crippen LogP contribution >= 0.6 is 35.7 Å². The van der Waals surface area contributed by atoms with E-state index >= 15 is 0 Å². The topological polar surface area (TPSA) is 39.1 Å². The average Bonchev–Trinajstić information content (AvgIpc) is 3.04. The Morgan fingerprint density at radius 3 is 2.83 bits per heavy atom. The zero-order chi connectivity index (χ0) is 16.8. The number of para-hydroxylation sites is 1. The van der Waals surface area contributed by atoms with Crippen molar-refractivity contribution in [1.29, 1.82) is 0 Å². The molecule has 2 aliphatic rings. The molecule has 0 radical (unpaired) electrons. The number of hydrogen-bond acceptors (Lipinski definition) is 5. The molecule has 6 heteroatoms. The minimum absolute atomic E-state index is 0.0113. The van der Waals surface area contributed by atoms with Crippen molar-refractivity contribution < 1.29 is 9.59 Å². The van der Waals surface area contributed by atoms with Crippen molar-refractivity contribution in [3.63, 3.8) is 0 Å². The van der Waals surface area contributed by atoms with Gasteiger partial charge in [0.05, 0.1) is 15.8 Å². The van der Waals surface area contributed by atoms with Crippen LogP contribution in [0.5, 0.6) is 0 Å². The number of hydrogen-bond donors (Lipinski definition) is 0. The molecule has 24 heavy (non-hydrogen) atoms. The minimum Gasteiger partial charge on any atom is -0.281 e. The van der Waals surface area contributed by atoms with Crippen molar-refractivity contribution in [3.05, 3.63) is 45.8 Å². The molecule has 1 unspecified atom stereocenters. The van der Waals surface area contributed by atoms with Gasteiger partial charge in [0.15, 0.2) is 0 Å². The van der Waals surface area contributed by atoms with Crippen LogP contribution in [0.1, 0.15) is 18.1 Å². The maximum atomic E-state index is 12.1. The molecule has 1 aliphatic carbocycles. The van der Waals surface area contributed by atoms with Gasteiger partial charge in [0.2, 0.25) is 11.0 Å². The van der Waals surface area contributed by atoms with Crippen molar-refractivity contribution in [2.45, 2.75) is 13.3 Å². The summed E-state index contributed by atoms with van der Waals surface area (Å²) >= 11 is 7.61. The summed E-state index contributed by atoms with van der Waals surface area (Å²) in [5.74, 6) is 0.147. The minimum atomic E-state index is 0.0113. The van der Waals surface area contributed by atoms with Crippen molar-refractivity contribution in [2.75, 3.05) is 0 Å². The van der Waals surface area contributed by atoms with Crippen LogP contribution in [0, 0.1) is 5.92 Å². The van der Waals surface area contributed by atoms with Gasteiger partial charge >= 0.3 is 0 Å². The molecule has 4 rings (SSSR count). The first-order chi connectivity index (χ1) is 11.5. The van der Waals surface area contributed by atoms with Gasteiger partial charge < -0.3 is 0 Å². The molecule has 0 N–H and O–H groups in total. The van der Waals surface area contributed by atoms with Gasteiger partial charge in [0.25, 0.3) is 0 Å². The molecule has 2 aromatic rings. The first-order valence-corrected chi connectivity index (χ1v) is 9.57. The lowest BCUT2D eigenvalue weighted by atomic mass is 9.98.